The Bertz CT molecular complexity index is 1900. The second-order valence-corrected chi connectivity index (χ2v) is 10.7. The van der Waals surface area contributed by atoms with Crippen LogP contribution in [0.15, 0.2) is 106 Å². The highest BCUT2D eigenvalue weighted by Crippen LogP contribution is 2.43. The number of hydrogen-bond donors (Lipinski definition) is 1. The fourth-order valence-electron chi connectivity index (χ4n) is 5.13. The molecule has 0 saturated heterocycles. The minimum absolute atomic E-state index is 0.0731. The SMILES string of the molecule is O=C1c2c(c(-c3ccccc3O)c(-c3ccc([N+](=O)[O-])cc3)c(=O)n2-c2ccc(Br)cc2)CN1c1ccc(Cl)cc1. The maximum absolute atomic E-state index is 14.5. The molecule has 5 aromatic rings. The number of aromatic nitrogens is 1. The first-order valence-corrected chi connectivity index (χ1v) is 13.6. The van der Waals surface area contributed by atoms with E-state index in [4.69, 9.17) is 11.6 Å². The van der Waals surface area contributed by atoms with Gasteiger partial charge in [-0.1, -0.05) is 45.7 Å². The molecule has 0 radical (unpaired) electrons. The smallest absolute Gasteiger partial charge is 0.276 e. The minimum atomic E-state index is -0.515. The molecule has 41 heavy (non-hydrogen) atoms. The number of para-hydroxylation sites is 1. The zero-order valence-electron chi connectivity index (χ0n) is 21.1. The molecule has 2 heterocycles. The predicted octanol–water partition coefficient (Wildman–Crippen LogP) is 7.36. The number of anilines is 1. The summed E-state index contributed by atoms with van der Waals surface area (Å²) in [6.07, 6.45) is 0. The van der Waals surface area contributed by atoms with Gasteiger partial charge in [0.2, 0.25) is 0 Å². The Balaban J connectivity index is 1.72. The van der Waals surface area contributed by atoms with Crippen LogP contribution in [-0.2, 0) is 6.54 Å². The number of carbonyl (C=O) groups is 1. The van der Waals surface area contributed by atoms with Crippen LogP contribution in [0.25, 0.3) is 27.9 Å². The second kappa shape index (κ2) is 10.3. The summed E-state index contributed by atoms with van der Waals surface area (Å²) in [5.74, 6) is -0.467. The number of nitro groups is 1. The van der Waals surface area contributed by atoms with Crippen LogP contribution in [-0.4, -0.2) is 20.5 Å². The molecule has 8 nitrogen and oxygen atoms in total. The molecule has 0 bridgehead atoms. The Morgan fingerprint density at radius 2 is 1.46 bits per heavy atom. The molecule has 0 atom stereocenters. The van der Waals surface area contributed by atoms with Crippen LogP contribution < -0.4 is 10.5 Å². The van der Waals surface area contributed by atoms with Crippen LogP contribution in [0.3, 0.4) is 0 Å². The van der Waals surface area contributed by atoms with E-state index >= 15 is 0 Å². The van der Waals surface area contributed by atoms with Crippen LogP contribution in [0.5, 0.6) is 5.75 Å². The van der Waals surface area contributed by atoms with Crippen molar-refractivity contribution in [2.75, 3.05) is 4.90 Å². The van der Waals surface area contributed by atoms with E-state index in [2.05, 4.69) is 15.9 Å². The van der Waals surface area contributed by atoms with E-state index in [0.717, 1.165) is 4.47 Å². The van der Waals surface area contributed by atoms with Gasteiger partial charge in [-0.3, -0.25) is 24.3 Å². The summed E-state index contributed by atoms with van der Waals surface area (Å²) in [4.78, 5) is 41.0. The summed E-state index contributed by atoms with van der Waals surface area (Å²) in [6.45, 7) is 0.107. The first kappa shape index (κ1) is 26.5. The molecular formula is C31H19BrClN3O5. The van der Waals surface area contributed by atoms with Gasteiger partial charge in [0.1, 0.15) is 11.4 Å². The van der Waals surface area contributed by atoms with Gasteiger partial charge in [-0.05, 0) is 72.3 Å². The number of benzene rings is 4. The van der Waals surface area contributed by atoms with Crippen molar-refractivity contribution < 1.29 is 14.8 Å². The predicted molar refractivity (Wildman–Crippen MR) is 161 cm³/mol. The number of carbonyl (C=O) groups excluding carboxylic acids is 1. The zero-order chi connectivity index (χ0) is 28.8. The number of hydrogen-bond acceptors (Lipinski definition) is 5. The lowest BCUT2D eigenvalue weighted by Gasteiger charge is -2.19. The largest absolute Gasteiger partial charge is 0.507 e. The van der Waals surface area contributed by atoms with Gasteiger partial charge in [-0.2, -0.15) is 0 Å². The van der Waals surface area contributed by atoms with Crippen LogP contribution >= 0.6 is 27.5 Å². The van der Waals surface area contributed by atoms with Crippen LogP contribution in [0, 0.1) is 10.1 Å². The van der Waals surface area contributed by atoms with Gasteiger partial charge < -0.3 is 10.0 Å². The van der Waals surface area contributed by atoms with E-state index in [1.54, 1.807) is 71.6 Å². The molecule has 0 aliphatic carbocycles. The first-order chi connectivity index (χ1) is 19.7. The number of nitrogens with zero attached hydrogens (tertiary/aromatic N) is 3. The number of amides is 1. The lowest BCUT2D eigenvalue weighted by Crippen LogP contribution is -2.29. The van der Waals surface area contributed by atoms with Crippen molar-refractivity contribution in [2.24, 2.45) is 0 Å². The van der Waals surface area contributed by atoms with E-state index in [9.17, 15) is 24.8 Å². The molecule has 1 amide bonds. The molecule has 1 aliphatic heterocycles. The number of halogens is 2. The number of rotatable bonds is 5. The number of non-ortho nitro benzene ring substituents is 1. The average Bonchev–Trinajstić information content (AvgIpc) is 3.30. The molecular weight excluding hydrogens is 610 g/mol. The third-order valence-corrected chi connectivity index (χ3v) is 7.79. The van der Waals surface area contributed by atoms with Gasteiger partial charge in [0.25, 0.3) is 17.2 Å². The van der Waals surface area contributed by atoms with E-state index in [1.807, 2.05) is 0 Å². The van der Waals surface area contributed by atoms with Gasteiger partial charge in [0.15, 0.2) is 0 Å². The Hall–Kier alpha value is -4.73. The maximum atomic E-state index is 14.5. The number of nitro benzene ring substituents is 1. The number of pyridine rings is 1. The molecule has 1 aromatic heterocycles. The van der Waals surface area contributed by atoms with Gasteiger partial charge in [0, 0.05) is 49.7 Å². The van der Waals surface area contributed by atoms with E-state index in [-0.39, 0.29) is 29.2 Å². The monoisotopic (exact) mass is 627 g/mol. The molecule has 4 aromatic carbocycles. The standard InChI is InChI=1S/C31H19BrClN3O5/c32-19-7-13-22(14-8-19)35-29-25(17-34(31(29)39)21-15-9-20(33)10-16-21)28(24-3-1-2-4-26(24)37)27(30(35)38)18-5-11-23(12-6-18)36(40)41/h1-16,37H,17H2. The van der Waals surface area contributed by atoms with Gasteiger partial charge >= 0.3 is 0 Å². The Morgan fingerprint density at radius 3 is 2.10 bits per heavy atom. The molecule has 0 saturated carbocycles. The Kier molecular flexibility index (Phi) is 6.69. The normalized spacial score (nSPS) is 12.4. The zero-order valence-corrected chi connectivity index (χ0v) is 23.5. The van der Waals surface area contributed by atoms with Crippen molar-refractivity contribution in [3.63, 3.8) is 0 Å². The Morgan fingerprint density at radius 1 is 0.829 bits per heavy atom. The molecule has 202 valence electrons. The number of fused-ring (bicyclic) bond motifs is 1. The van der Waals surface area contributed by atoms with Gasteiger partial charge in [0.05, 0.1) is 17.0 Å². The Labute approximate surface area is 247 Å². The van der Waals surface area contributed by atoms with Crippen LogP contribution in [0.2, 0.25) is 5.02 Å². The average molecular weight is 629 g/mol. The third kappa shape index (κ3) is 4.59. The summed E-state index contributed by atoms with van der Waals surface area (Å²) in [5, 5.41) is 22.8. The van der Waals surface area contributed by atoms with Crippen molar-refractivity contribution in [1.29, 1.82) is 0 Å². The molecule has 1 N–H and O–H groups in total. The highest BCUT2D eigenvalue weighted by Gasteiger charge is 2.38. The summed E-state index contributed by atoms with van der Waals surface area (Å²) in [6, 6.07) is 26.1. The highest BCUT2D eigenvalue weighted by molar-refractivity contribution is 9.10. The fraction of sp³-hybridized carbons (Fsp3) is 0.0323. The minimum Gasteiger partial charge on any atom is -0.507 e. The van der Waals surface area contributed by atoms with E-state index in [0.29, 0.717) is 38.7 Å². The van der Waals surface area contributed by atoms with Crippen LogP contribution in [0.4, 0.5) is 11.4 Å². The molecule has 0 unspecified atom stereocenters. The first-order valence-electron chi connectivity index (χ1n) is 12.4. The molecule has 0 fully saturated rings. The fourth-order valence-corrected chi connectivity index (χ4v) is 5.52. The van der Waals surface area contributed by atoms with Crippen molar-refractivity contribution >= 4 is 44.8 Å². The summed E-state index contributed by atoms with van der Waals surface area (Å²) in [5.41, 5.74) is 2.47. The van der Waals surface area contributed by atoms with E-state index in [1.165, 1.54) is 34.9 Å². The molecule has 10 heteroatoms. The van der Waals surface area contributed by atoms with Crippen molar-refractivity contribution in [3.05, 3.63) is 138 Å². The maximum Gasteiger partial charge on any atom is 0.276 e. The van der Waals surface area contributed by atoms with E-state index < -0.39 is 16.4 Å². The topological polar surface area (TPSA) is 106 Å². The third-order valence-electron chi connectivity index (χ3n) is 7.01. The van der Waals surface area contributed by atoms with Crippen molar-refractivity contribution in [3.8, 4) is 33.7 Å². The van der Waals surface area contributed by atoms with Crippen LogP contribution in [0.1, 0.15) is 16.1 Å². The molecule has 6 rings (SSSR count). The summed E-state index contributed by atoms with van der Waals surface area (Å²) in [7, 11) is 0. The van der Waals surface area contributed by atoms with Gasteiger partial charge in [-0.25, -0.2) is 0 Å². The van der Waals surface area contributed by atoms with Gasteiger partial charge in [-0.15, -0.1) is 0 Å². The number of phenols is 1. The number of aromatic hydroxyl groups is 1. The van der Waals surface area contributed by atoms with Crippen molar-refractivity contribution in [1.82, 2.24) is 4.57 Å². The number of phenolic OH excluding ortho intramolecular Hbond substituents is 1. The van der Waals surface area contributed by atoms with Crippen molar-refractivity contribution in [2.45, 2.75) is 6.54 Å². The lowest BCUT2D eigenvalue weighted by atomic mass is 9.90. The lowest BCUT2D eigenvalue weighted by molar-refractivity contribution is -0.384. The summed E-state index contributed by atoms with van der Waals surface area (Å²) >= 11 is 9.52. The highest BCUT2D eigenvalue weighted by atomic mass is 79.9. The second-order valence-electron chi connectivity index (χ2n) is 9.38. The molecule has 1 aliphatic rings. The quantitative estimate of drug-likeness (QED) is 0.162. The summed E-state index contributed by atoms with van der Waals surface area (Å²) < 4.78 is 2.17. The molecule has 0 spiro atoms.